The van der Waals surface area contributed by atoms with E-state index in [0.717, 1.165) is 27.7 Å². The van der Waals surface area contributed by atoms with Gasteiger partial charge in [0.05, 0.1) is 18.4 Å². The lowest BCUT2D eigenvalue weighted by atomic mass is 9.99. The molecule has 0 radical (unpaired) electrons. The molecule has 0 saturated heterocycles. The summed E-state index contributed by atoms with van der Waals surface area (Å²) >= 11 is 0. The van der Waals surface area contributed by atoms with E-state index in [9.17, 15) is 9.50 Å². The normalized spacial score (nSPS) is 20.5. The second-order valence-electron chi connectivity index (χ2n) is 5.61. The van der Waals surface area contributed by atoms with Crippen LogP contribution in [0.2, 0.25) is 0 Å². The highest BCUT2D eigenvalue weighted by atomic mass is 19.1. The Labute approximate surface area is 131 Å². The minimum Gasteiger partial charge on any atom is -0.464 e. The number of aliphatic hydroxyl groups is 1. The molecular formula is C18H14FNO3. The number of alkyl halides is 1. The molecule has 4 rings (SSSR count). The molecule has 4 nitrogen and oxygen atoms in total. The zero-order valence-corrected chi connectivity index (χ0v) is 12.2. The summed E-state index contributed by atoms with van der Waals surface area (Å²) in [6.07, 6.45) is 1.77. The minimum atomic E-state index is -1.82. The van der Waals surface area contributed by atoms with Crippen LogP contribution in [0.3, 0.4) is 0 Å². The molecule has 0 fully saturated rings. The average molecular weight is 311 g/mol. The third-order valence-electron chi connectivity index (χ3n) is 3.99. The third-order valence-corrected chi connectivity index (χ3v) is 3.99. The number of benzene rings is 2. The average Bonchev–Trinajstić information content (AvgIpc) is 3.20. The molecule has 0 saturated carbocycles. The molecule has 23 heavy (non-hydrogen) atoms. The Morgan fingerprint density at radius 1 is 1.09 bits per heavy atom. The summed E-state index contributed by atoms with van der Waals surface area (Å²) < 4.78 is 18.3. The van der Waals surface area contributed by atoms with E-state index in [1.165, 1.54) is 0 Å². The van der Waals surface area contributed by atoms with Crippen LogP contribution < -0.4 is 0 Å². The maximum atomic E-state index is 12.7. The van der Waals surface area contributed by atoms with E-state index in [0.29, 0.717) is 5.71 Å². The number of para-hydroxylation sites is 1. The minimum absolute atomic E-state index is 0.0392. The molecule has 1 aliphatic rings. The van der Waals surface area contributed by atoms with Gasteiger partial charge in [-0.05, 0) is 17.2 Å². The van der Waals surface area contributed by atoms with Crippen molar-refractivity contribution in [3.63, 3.8) is 0 Å². The Bertz CT molecular complexity index is 885. The van der Waals surface area contributed by atoms with Gasteiger partial charge in [-0.3, -0.25) is 0 Å². The SMILES string of the molecule is OC1(CF)CC(c2ccc(-c3coc4ccccc34)cc2)=NO1. The quantitative estimate of drug-likeness (QED) is 0.798. The predicted molar refractivity (Wildman–Crippen MR) is 84.8 cm³/mol. The van der Waals surface area contributed by atoms with E-state index in [2.05, 4.69) is 5.16 Å². The molecule has 3 aromatic rings. The second kappa shape index (κ2) is 5.21. The third kappa shape index (κ3) is 2.39. The zero-order valence-electron chi connectivity index (χ0n) is 12.2. The molecule has 116 valence electrons. The van der Waals surface area contributed by atoms with Crippen LogP contribution in [-0.4, -0.2) is 23.3 Å². The summed E-state index contributed by atoms with van der Waals surface area (Å²) in [5.74, 6) is -1.82. The lowest BCUT2D eigenvalue weighted by molar-refractivity contribution is -0.193. The fraction of sp³-hybridized carbons (Fsp3) is 0.167. The van der Waals surface area contributed by atoms with Crippen LogP contribution in [-0.2, 0) is 4.84 Å². The molecule has 0 bridgehead atoms. The Morgan fingerprint density at radius 2 is 1.83 bits per heavy atom. The lowest BCUT2D eigenvalue weighted by Crippen LogP contribution is -2.31. The highest BCUT2D eigenvalue weighted by Gasteiger charge is 2.37. The smallest absolute Gasteiger partial charge is 0.268 e. The van der Waals surface area contributed by atoms with Crippen molar-refractivity contribution in [2.75, 3.05) is 6.67 Å². The van der Waals surface area contributed by atoms with E-state index in [-0.39, 0.29) is 6.42 Å². The molecule has 0 spiro atoms. The van der Waals surface area contributed by atoms with Crippen LogP contribution in [0.5, 0.6) is 0 Å². The van der Waals surface area contributed by atoms with Crippen LogP contribution >= 0.6 is 0 Å². The second-order valence-corrected chi connectivity index (χ2v) is 5.61. The van der Waals surface area contributed by atoms with E-state index >= 15 is 0 Å². The molecule has 2 heterocycles. The van der Waals surface area contributed by atoms with Crippen molar-refractivity contribution < 1.29 is 18.8 Å². The van der Waals surface area contributed by atoms with Crippen LogP contribution in [0.1, 0.15) is 12.0 Å². The van der Waals surface area contributed by atoms with E-state index in [1.54, 1.807) is 6.26 Å². The van der Waals surface area contributed by atoms with Crippen LogP contribution in [0.25, 0.3) is 22.1 Å². The van der Waals surface area contributed by atoms with Gasteiger partial charge in [0.1, 0.15) is 5.58 Å². The number of oxime groups is 1. The summed E-state index contributed by atoms with van der Waals surface area (Å²) in [4.78, 5) is 4.77. The van der Waals surface area contributed by atoms with Crippen molar-refractivity contribution in [2.45, 2.75) is 12.2 Å². The Kier molecular flexibility index (Phi) is 3.16. The molecule has 2 aromatic carbocycles. The number of furan rings is 1. The van der Waals surface area contributed by atoms with Gasteiger partial charge >= 0.3 is 0 Å². The first-order valence-electron chi connectivity index (χ1n) is 7.29. The number of hydrogen-bond donors (Lipinski definition) is 1. The van der Waals surface area contributed by atoms with Crippen molar-refractivity contribution in [1.82, 2.24) is 0 Å². The predicted octanol–water partition coefficient (Wildman–Crippen LogP) is 3.88. The van der Waals surface area contributed by atoms with E-state index in [4.69, 9.17) is 9.25 Å². The summed E-state index contributed by atoms with van der Waals surface area (Å²) in [5.41, 5.74) is 4.20. The maximum Gasteiger partial charge on any atom is 0.268 e. The zero-order chi connectivity index (χ0) is 15.9. The van der Waals surface area contributed by atoms with Crippen molar-refractivity contribution in [2.24, 2.45) is 5.16 Å². The van der Waals surface area contributed by atoms with Gasteiger partial charge in [-0.1, -0.05) is 47.6 Å². The summed E-state index contributed by atoms with van der Waals surface area (Å²) in [5, 5.41) is 14.6. The monoisotopic (exact) mass is 311 g/mol. The Hall–Kier alpha value is -2.66. The maximum absolute atomic E-state index is 12.7. The highest BCUT2D eigenvalue weighted by molar-refractivity contribution is 6.02. The van der Waals surface area contributed by atoms with Crippen LogP contribution in [0.4, 0.5) is 4.39 Å². The topological polar surface area (TPSA) is 55.0 Å². The fourth-order valence-corrected chi connectivity index (χ4v) is 2.74. The molecule has 1 unspecified atom stereocenters. The molecular weight excluding hydrogens is 297 g/mol. The molecule has 1 aliphatic heterocycles. The standard InChI is InChI=1S/C18H14FNO3/c19-11-18(21)9-16(20-23-18)13-7-5-12(6-8-13)15-10-22-17-4-2-1-3-14(15)17/h1-8,10,21H,9,11H2. The van der Waals surface area contributed by atoms with Gasteiger partial charge in [-0.15, -0.1) is 0 Å². The van der Waals surface area contributed by atoms with Crippen LogP contribution in [0, 0.1) is 0 Å². The van der Waals surface area contributed by atoms with Gasteiger partial charge in [0, 0.05) is 10.9 Å². The van der Waals surface area contributed by atoms with Gasteiger partial charge in [0.2, 0.25) is 0 Å². The molecule has 0 aliphatic carbocycles. The van der Waals surface area contributed by atoms with E-state index < -0.39 is 12.5 Å². The van der Waals surface area contributed by atoms with Gasteiger partial charge in [0.15, 0.2) is 6.67 Å². The molecule has 1 N–H and O–H groups in total. The van der Waals surface area contributed by atoms with Gasteiger partial charge < -0.3 is 14.4 Å². The van der Waals surface area contributed by atoms with Gasteiger partial charge in [-0.25, -0.2) is 4.39 Å². The lowest BCUT2D eigenvalue weighted by Gasteiger charge is -2.14. The number of halogens is 1. The highest BCUT2D eigenvalue weighted by Crippen LogP contribution is 2.31. The number of nitrogens with zero attached hydrogens (tertiary/aromatic N) is 1. The van der Waals surface area contributed by atoms with Gasteiger partial charge in [0.25, 0.3) is 5.79 Å². The van der Waals surface area contributed by atoms with Crippen molar-refractivity contribution in [3.05, 3.63) is 60.4 Å². The Morgan fingerprint density at radius 3 is 2.57 bits per heavy atom. The first-order chi connectivity index (χ1) is 11.2. The largest absolute Gasteiger partial charge is 0.464 e. The summed E-state index contributed by atoms with van der Waals surface area (Å²) in [7, 11) is 0. The van der Waals surface area contributed by atoms with Crippen molar-refractivity contribution >= 4 is 16.7 Å². The first-order valence-corrected chi connectivity index (χ1v) is 7.29. The number of fused-ring (bicyclic) bond motifs is 1. The Balaban J connectivity index is 1.64. The molecule has 0 amide bonds. The molecule has 5 heteroatoms. The number of rotatable bonds is 3. The summed E-state index contributed by atoms with van der Waals surface area (Å²) in [6, 6.07) is 15.5. The van der Waals surface area contributed by atoms with E-state index in [1.807, 2.05) is 48.5 Å². The summed E-state index contributed by atoms with van der Waals surface area (Å²) in [6.45, 7) is -0.987. The van der Waals surface area contributed by atoms with Crippen molar-refractivity contribution in [1.29, 1.82) is 0 Å². The number of hydrogen-bond acceptors (Lipinski definition) is 4. The van der Waals surface area contributed by atoms with Crippen molar-refractivity contribution in [3.8, 4) is 11.1 Å². The van der Waals surface area contributed by atoms with Gasteiger partial charge in [-0.2, -0.15) is 0 Å². The molecule has 1 aromatic heterocycles. The molecule has 1 atom stereocenters. The fourth-order valence-electron chi connectivity index (χ4n) is 2.74. The van der Waals surface area contributed by atoms with Crippen LogP contribution in [0.15, 0.2) is 64.4 Å². The first kappa shape index (κ1) is 14.0.